The lowest BCUT2D eigenvalue weighted by atomic mass is 10.3. The molecule has 114 valence electrons. The van der Waals surface area contributed by atoms with Crippen LogP contribution in [-0.2, 0) is 4.79 Å². The molecule has 0 unspecified atom stereocenters. The molecular weight excluding hydrogens is 347 g/mol. The minimum absolute atomic E-state index is 0.181. The SMILES string of the molecule is CCCC(=O)Nc1c(C#N)cnn1-c1ccc(Cl)c(Cl)c1Cl. The third kappa shape index (κ3) is 3.20. The number of nitriles is 1. The van der Waals surface area contributed by atoms with E-state index in [1.54, 1.807) is 12.1 Å². The molecule has 1 aromatic carbocycles. The molecule has 1 N–H and O–H groups in total. The lowest BCUT2D eigenvalue weighted by molar-refractivity contribution is -0.116. The highest BCUT2D eigenvalue weighted by Crippen LogP contribution is 2.35. The Balaban J connectivity index is 2.53. The summed E-state index contributed by atoms with van der Waals surface area (Å²) in [5.41, 5.74) is 0.649. The second-order valence-corrected chi connectivity index (χ2v) is 5.59. The number of anilines is 1. The zero-order valence-corrected chi connectivity index (χ0v) is 13.8. The molecule has 0 radical (unpaired) electrons. The molecule has 22 heavy (non-hydrogen) atoms. The number of aromatic nitrogens is 2. The van der Waals surface area contributed by atoms with Crippen LogP contribution in [0.3, 0.4) is 0 Å². The number of carbonyl (C=O) groups excluding carboxylic acids is 1. The van der Waals surface area contributed by atoms with E-state index in [0.717, 1.165) is 0 Å². The number of rotatable bonds is 4. The van der Waals surface area contributed by atoms with Crippen LogP contribution in [0.1, 0.15) is 25.3 Å². The predicted molar refractivity (Wildman–Crippen MR) is 86.8 cm³/mol. The Morgan fingerprint density at radius 2 is 2.09 bits per heavy atom. The van der Waals surface area contributed by atoms with Gasteiger partial charge in [0.15, 0.2) is 5.82 Å². The molecule has 0 atom stereocenters. The van der Waals surface area contributed by atoms with E-state index in [9.17, 15) is 4.79 Å². The Morgan fingerprint density at radius 3 is 2.73 bits per heavy atom. The number of halogens is 3. The summed E-state index contributed by atoms with van der Waals surface area (Å²) in [6.45, 7) is 1.89. The van der Waals surface area contributed by atoms with E-state index in [1.165, 1.54) is 10.9 Å². The van der Waals surface area contributed by atoms with Crippen LogP contribution in [0.15, 0.2) is 18.3 Å². The van der Waals surface area contributed by atoms with Gasteiger partial charge in [0.25, 0.3) is 0 Å². The number of nitrogens with zero attached hydrogens (tertiary/aromatic N) is 3. The van der Waals surface area contributed by atoms with Crippen molar-refractivity contribution in [3.05, 3.63) is 39.0 Å². The molecule has 2 rings (SSSR count). The van der Waals surface area contributed by atoms with Crippen molar-refractivity contribution >= 4 is 46.5 Å². The second-order valence-electron chi connectivity index (χ2n) is 4.42. The zero-order valence-electron chi connectivity index (χ0n) is 11.5. The minimum atomic E-state index is -0.211. The Morgan fingerprint density at radius 1 is 1.36 bits per heavy atom. The number of benzene rings is 1. The van der Waals surface area contributed by atoms with Crippen LogP contribution in [-0.4, -0.2) is 15.7 Å². The fourth-order valence-corrected chi connectivity index (χ4v) is 2.44. The summed E-state index contributed by atoms with van der Waals surface area (Å²) in [5.74, 6) is 0.0400. The molecule has 0 bridgehead atoms. The van der Waals surface area contributed by atoms with E-state index >= 15 is 0 Å². The Bertz CT molecular complexity index is 764. The third-order valence-corrected chi connectivity index (χ3v) is 4.15. The molecule has 0 saturated carbocycles. The van der Waals surface area contributed by atoms with Crippen LogP contribution >= 0.6 is 34.8 Å². The first kappa shape index (κ1) is 16.6. The summed E-state index contributed by atoms with van der Waals surface area (Å²) in [5, 5.41) is 16.6. The summed E-state index contributed by atoms with van der Waals surface area (Å²) in [6.07, 6.45) is 2.38. The van der Waals surface area contributed by atoms with Gasteiger partial charge < -0.3 is 5.32 Å². The van der Waals surface area contributed by atoms with Gasteiger partial charge in [0, 0.05) is 6.42 Å². The van der Waals surface area contributed by atoms with Crippen molar-refractivity contribution in [2.45, 2.75) is 19.8 Å². The first-order valence-electron chi connectivity index (χ1n) is 6.41. The van der Waals surface area contributed by atoms with Crippen molar-refractivity contribution in [2.75, 3.05) is 5.32 Å². The van der Waals surface area contributed by atoms with Crippen LogP contribution < -0.4 is 5.32 Å². The molecule has 1 heterocycles. The van der Waals surface area contributed by atoms with Gasteiger partial charge in [-0.2, -0.15) is 10.4 Å². The van der Waals surface area contributed by atoms with Gasteiger partial charge in [-0.1, -0.05) is 41.7 Å². The first-order chi connectivity index (χ1) is 10.5. The molecule has 0 aliphatic carbocycles. The van der Waals surface area contributed by atoms with Crippen LogP contribution in [0.25, 0.3) is 5.69 Å². The van der Waals surface area contributed by atoms with Crippen molar-refractivity contribution in [2.24, 2.45) is 0 Å². The third-order valence-electron chi connectivity index (χ3n) is 2.87. The van der Waals surface area contributed by atoms with E-state index < -0.39 is 0 Å². The normalized spacial score (nSPS) is 10.3. The predicted octanol–water partition coefficient (Wildman–Crippen LogP) is 4.44. The number of carbonyl (C=O) groups is 1. The summed E-state index contributed by atoms with van der Waals surface area (Å²) >= 11 is 18.1. The van der Waals surface area contributed by atoms with Gasteiger partial charge in [0.2, 0.25) is 5.91 Å². The average molecular weight is 358 g/mol. The molecule has 0 aliphatic rings. The van der Waals surface area contributed by atoms with Crippen molar-refractivity contribution in [1.29, 1.82) is 5.26 Å². The molecule has 0 aliphatic heterocycles. The summed E-state index contributed by atoms with van der Waals surface area (Å²) < 4.78 is 1.36. The Labute approximate surface area is 142 Å². The smallest absolute Gasteiger partial charge is 0.225 e. The summed E-state index contributed by atoms with van der Waals surface area (Å²) in [6, 6.07) is 5.16. The van der Waals surface area contributed by atoms with Gasteiger partial charge >= 0.3 is 0 Å². The monoisotopic (exact) mass is 356 g/mol. The quantitative estimate of drug-likeness (QED) is 0.822. The summed E-state index contributed by atoms with van der Waals surface area (Å²) in [4.78, 5) is 11.8. The number of amides is 1. The summed E-state index contributed by atoms with van der Waals surface area (Å²) in [7, 11) is 0. The van der Waals surface area contributed by atoms with E-state index in [2.05, 4.69) is 10.4 Å². The highest BCUT2D eigenvalue weighted by molar-refractivity contribution is 6.48. The van der Waals surface area contributed by atoms with Gasteiger partial charge in [-0.25, -0.2) is 4.68 Å². The Hall–Kier alpha value is -1.74. The van der Waals surface area contributed by atoms with E-state index in [1.807, 2.05) is 13.0 Å². The van der Waals surface area contributed by atoms with Gasteiger partial charge in [0.05, 0.1) is 27.0 Å². The number of nitrogens with one attached hydrogen (secondary N) is 1. The fraction of sp³-hybridized carbons (Fsp3) is 0.214. The fourth-order valence-electron chi connectivity index (χ4n) is 1.83. The highest BCUT2D eigenvalue weighted by Gasteiger charge is 2.18. The maximum Gasteiger partial charge on any atom is 0.225 e. The van der Waals surface area contributed by atoms with E-state index in [-0.39, 0.29) is 27.3 Å². The zero-order chi connectivity index (χ0) is 16.3. The van der Waals surface area contributed by atoms with Gasteiger partial charge in [-0.15, -0.1) is 0 Å². The molecule has 0 saturated heterocycles. The van der Waals surface area contributed by atoms with Gasteiger partial charge in [0.1, 0.15) is 11.6 Å². The lowest BCUT2D eigenvalue weighted by Gasteiger charge is -2.12. The lowest BCUT2D eigenvalue weighted by Crippen LogP contribution is -2.15. The van der Waals surface area contributed by atoms with Crippen molar-refractivity contribution in [3.63, 3.8) is 0 Å². The molecule has 0 spiro atoms. The van der Waals surface area contributed by atoms with E-state index in [0.29, 0.717) is 23.6 Å². The molecule has 8 heteroatoms. The number of hydrogen-bond acceptors (Lipinski definition) is 3. The molecule has 1 aromatic heterocycles. The largest absolute Gasteiger partial charge is 0.309 e. The maximum atomic E-state index is 11.8. The van der Waals surface area contributed by atoms with Crippen LogP contribution in [0.2, 0.25) is 15.1 Å². The van der Waals surface area contributed by atoms with Crippen LogP contribution in [0.4, 0.5) is 5.82 Å². The van der Waals surface area contributed by atoms with E-state index in [4.69, 9.17) is 40.1 Å². The standard InChI is InChI=1S/C14H11Cl3N4O/c1-2-3-11(22)20-14-8(6-18)7-19-21(14)10-5-4-9(15)12(16)13(10)17/h4-5,7H,2-3H2,1H3,(H,20,22). The van der Waals surface area contributed by atoms with Gasteiger partial charge in [-0.05, 0) is 18.6 Å². The molecule has 0 fully saturated rings. The molecule has 1 amide bonds. The van der Waals surface area contributed by atoms with Crippen molar-refractivity contribution in [3.8, 4) is 11.8 Å². The highest BCUT2D eigenvalue weighted by atomic mass is 35.5. The minimum Gasteiger partial charge on any atom is -0.309 e. The van der Waals surface area contributed by atoms with Gasteiger partial charge in [-0.3, -0.25) is 4.79 Å². The first-order valence-corrected chi connectivity index (χ1v) is 7.54. The maximum absolute atomic E-state index is 11.8. The van der Waals surface area contributed by atoms with Crippen molar-refractivity contribution < 1.29 is 4.79 Å². The molecule has 2 aromatic rings. The Kier molecular flexibility index (Phi) is 5.30. The molecule has 5 nitrogen and oxygen atoms in total. The van der Waals surface area contributed by atoms with Crippen LogP contribution in [0, 0.1) is 11.3 Å². The second kappa shape index (κ2) is 7.01. The molecular formula is C14H11Cl3N4O. The topological polar surface area (TPSA) is 70.7 Å². The average Bonchev–Trinajstić information content (AvgIpc) is 2.88. The van der Waals surface area contributed by atoms with Crippen LogP contribution in [0.5, 0.6) is 0 Å². The number of hydrogen-bond donors (Lipinski definition) is 1. The van der Waals surface area contributed by atoms with Crippen molar-refractivity contribution in [1.82, 2.24) is 9.78 Å².